The zero-order valence-electron chi connectivity index (χ0n) is 13.3. The fourth-order valence-corrected chi connectivity index (χ4v) is 4.34. The topological polar surface area (TPSA) is 63.4 Å². The van der Waals surface area contributed by atoms with Crippen LogP contribution < -0.4 is 0 Å². The molecule has 5 nitrogen and oxygen atoms in total. The van der Waals surface area contributed by atoms with E-state index in [-0.39, 0.29) is 11.7 Å². The van der Waals surface area contributed by atoms with Gasteiger partial charge in [-0.25, -0.2) is 8.42 Å². The fourth-order valence-electron chi connectivity index (χ4n) is 3.21. The van der Waals surface area contributed by atoms with E-state index in [4.69, 9.17) is 4.52 Å². The third-order valence-electron chi connectivity index (χ3n) is 4.15. The van der Waals surface area contributed by atoms with Gasteiger partial charge in [-0.15, -0.1) is 0 Å². The lowest BCUT2D eigenvalue weighted by atomic mass is 10.00. The summed E-state index contributed by atoms with van der Waals surface area (Å²) in [6.07, 6.45) is 3.32. The van der Waals surface area contributed by atoms with E-state index in [9.17, 15) is 8.42 Å². The lowest BCUT2D eigenvalue weighted by molar-refractivity contribution is 0.161. The van der Waals surface area contributed by atoms with E-state index >= 15 is 0 Å². The SMILES string of the molecule is CS(=O)(=O)C[C@H]1CCCN(Cc2cc(-c3ccccc3)no2)C1. The van der Waals surface area contributed by atoms with Crippen molar-refractivity contribution in [2.75, 3.05) is 25.1 Å². The summed E-state index contributed by atoms with van der Waals surface area (Å²) in [6, 6.07) is 11.9. The highest BCUT2D eigenvalue weighted by Gasteiger charge is 2.24. The predicted molar refractivity (Wildman–Crippen MR) is 89.7 cm³/mol. The van der Waals surface area contributed by atoms with Crippen LogP contribution in [0, 0.1) is 5.92 Å². The van der Waals surface area contributed by atoms with Gasteiger partial charge >= 0.3 is 0 Å². The first-order chi connectivity index (χ1) is 11.0. The molecule has 0 saturated carbocycles. The Bertz CT molecular complexity index is 740. The molecule has 1 atom stereocenters. The summed E-state index contributed by atoms with van der Waals surface area (Å²) in [7, 11) is -2.91. The largest absolute Gasteiger partial charge is 0.359 e. The Morgan fingerprint density at radius 1 is 1.30 bits per heavy atom. The highest BCUT2D eigenvalue weighted by atomic mass is 32.2. The molecule has 0 amide bonds. The number of benzene rings is 1. The molecule has 23 heavy (non-hydrogen) atoms. The Morgan fingerprint density at radius 2 is 2.09 bits per heavy atom. The van der Waals surface area contributed by atoms with Gasteiger partial charge in [-0.2, -0.15) is 0 Å². The van der Waals surface area contributed by atoms with Crippen LogP contribution in [0.1, 0.15) is 18.6 Å². The summed E-state index contributed by atoms with van der Waals surface area (Å²) >= 11 is 0. The van der Waals surface area contributed by atoms with Crippen LogP contribution in [0.15, 0.2) is 40.9 Å². The maximum Gasteiger partial charge on any atom is 0.151 e. The van der Waals surface area contributed by atoms with Crippen LogP contribution in [0.5, 0.6) is 0 Å². The minimum Gasteiger partial charge on any atom is -0.359 e. The van der Waals surface area contributed by atoms with Crippen LogP contribution in [0.4, 0.5) is 0 Å². The van der Waals surface area contributed by atoms with Crippen molar-refractivity contribution < 1.29 is 12.9 Å². The molecule has 0 spiro atoms. The van der Waals surface area contributed by atoms with Gasteiger partial charge in [0.1, 0.15) is 15.5 Å². The van der Waals surface area contributed by atoms with Crippen molar-refractivity contribution in [1.29, 1.82) is 0 Å². The molecule has 0 aliphatic carbocycles. The van der Waals surface area contributed by atoms with Crippen LogP contribution >= 0.6 is 0 Å². The summed E-state index contributed by atoms with van der Waals surface area (Å²) in [5.74, 6) is 1.31. The molecular formula is C17H22N2O3S. The van der Waals surface area contributed by atoms with Gasteiger partial charge < -0.3 is 4.52 Å². The molecule has 1 saturated heterocycles. The second-order valence-electron chi connectivity index (χ2n) is 6.38. The average Bonchev–Trinajstić information content (AvgIpc) is 2.95. The number of sulfone groups is 1. The number of piperidine rings is 1. The molecule has 6 heteroatoms. The summed E-state index contributed by atoms with van der Waals surface area (Å²) in [6.45, 7) is 2.45. The number of rotatable bonds is 5. The van der Waals surface area contributed by atoms with Crippen LogP contribution in [-0.2, 0) is 16.4 Å². The number of likely N-dealkylation sites (tertiary alicyclic amines) is 1. The van der Waals surface area contributed by atoms with Gasteiger partial charge in [-0.05, 0) is 25.3 Å². The first-order valence-electron chi connectivity index (χ1n) is 7.91. The first-order valence-corrected chi connectivity index (χ1v) is 9.97. The summed E-state index contributed by atoms with van der Waals surface area (Å²) < 4.78 is 28.4. The second kappa shape index (κ2) is 6.84. The van der Waals surface area contributed by atoms with Gasteiger partial charge in [0, 0.05) is 24.4 Å². The van der Waals surface area contributed by atoms with E-state index in [1.54, 1.807) is 0 Å². The van der Waals surface area contributed by atoms with E-state index in [1.165, 1.54) is 6.26 Å². The monoisotopic (exact) mass is 334 g/mol. The molecule has 124 valence electrons. The Morgan fingerprint density at radius 3 is 2.83 bits per heavy atom. The molecule has 0 unspecified atom stereocenters. The smallest absolute Gasteiger partial charge is 0.151 e. The molecule has 1 aliphatic heterocycles. The van der Waals surface area contributed by atoms with Gasteiger partial charge in [0.2, 0.25) is 0 Å². The molecule has 0 radical (unpaired) electrons. The highest BCUT2D eigenvalue weighted by molar-refractivity contribution is 7.90. The third kappa shape index (κ3) is 4.65. The molecule has 3 rings (SSSR count). The lowest BCUT2D eigenvalue weighted by Gasteiger charge is -2.31. The molecule has 1 aromatic carbocycles. The van der Waals surface area contributed by atoms with Crippen molar-refractivity contribution in [3.63, 3.8) is 0 Å². The Labute approximate surface area is 137 Å². The molecule has 0 bridgehead atoms. The molecule has 1 fully saturated rings. The molecular weight excluding hydrogens is 312 g/mol. The van der Waals surface area contributed by atoms with E-state index in [0.717, 1.165) is 42.9 Å². The van der Waals surface area contributed by atoms with Gasteiger partial charge in [-0.3, -0.25) is 4.90 Å². The summed E-state index contributed by atoms with van der Waals surface area (Å²) in [5, 5.41) is 4.13. The zero-order valence-corrected chi connectivity index (χ0v) is 14.1. The molecule has 2 heterocycles. The number of aromatic nitrogens is 1. The van der Waals surface area contributed by atoms with E-state index in [0.29, 0.717) is 6.54 Å². The van der Waals surface area contributed by atoms with Crippen LogP contribution in [0.2, 0.25) is 0 Å². The molecule has 2 aromatic rings. The van der Waals surface area contributed by atoms with Crippen molar-refractivity contribution in [3.05, 3.63) is 42.2 Å². The van der Waals surface area contributed by atoms with Gasteiger partial charge in [-0.1, -0.05) is 35.5 Å². The number of nitrogens with zero attached hydrogens (tertiary/aromatic N) is 2. The maximum atomic E-state index is 11.5. The fraction of sp³-hybridized carbons (Fsp3) is 0.471. The number of hydrogen-bond acceptors (Lipinski definition) is 5. The van der Waals surface area contributed by atoms with Crippen LogP contribution in [-0.4, -0.2) is 43.6 Å². The van der Waals surface area contributed by atoms with Crippen LogP contribution in [0.25, 0.3) is 11.3 Å². The normalized spacial score (nSPS) is 19.8. The standard InChI is InChI=1S/C17H22N2O3S/c1-23(20,21)13-14-6-5-9-19(11-14)12-16-10-17(18-22-16)15-7-3-2-4-8-15/h2-4,7-8,10,14H,5-6,9,11-13H2,1H3/t14-/m0/s1. The Balaban J connectivity index is 1.62. The van der Waals surface area contributed by atoms with Crippen molar-refractivity contribution in [1.82, 2.24) is 10.1 Å². The minimum atomic E-state index is -2.91. The van der Waals surface area contributed by atoms with Gasteiger partial charge in [0.25, 0.3) is 0 Å². The second-order valence-corrected chi connectivity index (χ2v) is 8.57. The Kier molecular flexibility index (Phi) is 4.82. The quantitative estimate of drug-likeness (QED) is 0.841. The third-order valence-corrected chi connectivity index (χ3v) is 5.23. The molecule has 1 aliphatic rings. The van der Waals surface area contributed by atoms with Crippen molar-refractivity contribution >= 4 is 9.84 Å². The number of hydrogen-bond donors (Lipinski definition) is 0. The van der Waals surface area contributed by atoms with Crippen molar-refractivity contribution in [3.8, 4) is 11.3 Å². The van der Waals surface area contributed by atoms with E-state index in [1.807, 2.05) is 36.4 Å². The lowest BCUT2D eigenvalue weighted by Crippen LogP contribution is -2.37. The van der Waals surface area contributed by atoms with Crippen molar-refractivity contribution in [2.24, 2.45) is 5.92 Å². The minimum absolute atomic E-state index is 0.218. The molecule has 0 N–H and O–H groups in total. The molecule has 1 aromatic heterocycles. The predicted octanol–water partition coefficient (Wildman–Crippen LogP) is 2.60. The Hall–Kier alpha value is -1.66. The van der Waals surface area contributed by atoms with E-state index in [2.05, 4.69) is 10.1 Å². The van der Waals surface area contributed by atoms with E-state index < -0.39 is 9.84 Å². The summed E-state index contributed by atoms with van der Waals surface area (Å²) in [4.78, 5) is 2.26. The first kappa shape index (κ1) is 16.2. The maximum absolute atomic E-state index is 11.5. The van der Waals surface area contributed by atoms with Gasteiger partial charge in [0.15, 0.2) is 5.76 Å². The van der Waals surface area contributed by atoms with Crippen LogP contribution in [0.3, 0.4) is 0 Å². The van der Waals surface area contributed by atoms with Crippen molar-refractivity contribution in [2.45, 2.75) is 19.4 Å². The van der Waals surface area contributed by atoms with Gasteiger partial charge in [0.05, 0.1) is 12.3 Å². The average molecular weight is 334 g/mol. The highest BCUT2D eigenvalue weighted by Crippen LogP contribution is 2.22. The zero-order chi connectivity index (χ0) is 16.3. The summed E-state index contributed by atoms with van der Waals surface area (Å²) in [5.41, 5.74) is 1.88.